The molecule has 1 atom stereocenters. The molecular formula is C25H20IN3O3. The molecule has 1 aliphatic heterocycles. The molecule has 3 aromatic carbocycles. The second-order valence-corrected chi connectivity index (χ2v) is 8.27. The Morgan fingerprint density at radius 2 is 1.75 bits per heavy atom. The number of benzene rings is 3. The van der Waals surface area contributed by atoms with Crippen molar-refractivity contribution in [2.24, 2.45) is 4.99 Å². The fourth-order valence-corrected chi connectivity index (χ4v) is 4.72. The number of hydrogen-bond acceptors (Lipinski definition) is 5. The molecule has 4 rings (SSSR count). The van der Waals surface area contributed by atoms with Crippen LogP contribution >= 0.6 is 22.6 Å². The maximum Gasteiger partial charge on any atom is 0.249 e. The van der Waals surface area contributed by atoms with Gasteiger partial charge in [-0.25, -0.2) is 0 Å². The van der Waals surface area contributed by atoms with E-state index in [2.05, 4.69) is 33.7 Å². The minimum atomic E-state index is -0.252. The molecule has 7 heteroatoms. The lowest BCUT2D eigenvalue weighted by molar-refractivity contribution is -0.117. The lowest BCUT2D eigenvalue weighted by atomic mass is 9.98. The number of carbonyl (C=O) groups excluding carboxylic acids is 1. The zero-order valence-electron chi connectivity index (χ0n) is 17.6. The van der Waals surface area contributed by atoms with Gasteiger partial charge in [0.25, 0.3) is 0 Å². The number of nitriles is 1. The van der Waals surface area contributed by atoms with E-state index in [-0.39, 0.29) is 16.5 Å². The molecule has 6 nitrogen and oxygen atoms in total. The van der Waals surface area contributed by atoms with Gasteiger partial charge in [-0.05, 0) is 23.8 Å². The first-order chi connectivity index (χ1) is 15.6. The van der Waals surface area contributed by atoms with E-state index in [9.17, 15) is 10.1 Å². The van der Waals surface area contributed by atoms with Gasteiger partial charge in [0.2, 0.25) is 5.91 Å². The van der Waals surface area contributed by atoms with Crippen molar-refractivity contribution in [1.82, 2.24) is 0 Å². The van der Waals surface area contributed by atoms with Crippen molar-refractivity contribution in [3.8, 4) is 17.6 Å². The third-order valence-corrected chi connectivity index (χ3v) is 6.50. The third-order valence-electron chi connectivity index (χ3n) is 5.22. The first kappa shape index (κ1) is 21.8. The smallest absolute Gasteiger partial charge is 0.249 e. The van der Waals surface area contributed by atoms with E-state index in [4.69, 9.17) is 9.47 Å². The number of anilines is 1. The Kier molecular flexibility index (Phi) is 6.42. The topological polar surface area (TPSA) is 74.9 Å². The number of carbonyl (C=O) groups is 1. The van der Waals surface area contributed by atoms with Gasteiger partial charge in [0.15, 0.2) is 11.5 Å². The molecule has 0 aromatic heterocycles. The molecule has 1 heterocycles. The summed E-state index contributed by atoms with van der Waals surface area (Å²) in [4.78, 5) is 19.7. The summed E-state index contributed by atoms with van der Waals surface area (Å²) in [5, 5.41) is 9.35. The molecule has 0 saturated heterocycles. The highest BCUT2D eigenvalue weighted by Gasteiger charge is 2.32. The number of benzodiazepines with no additional fused rings is 1. The number of ether oxygens (including phenoxy) is 2. The summed E-state index contributed by atoms with van der Waals surface area (Å²) in [6.07, 6.45) is 0. The number of halogens is 1. The Morgan fingerprint density at radius 3 is 2.44 bits per heavy atom. The number of fused-ring (bicyclic) bond motifs is 1. The average Bonchev–Trinajstić information content (AvgIpc) is 2.98. The van der Waals surface area contributed by atoms with Crippen molar-refractivity contribution >= 4 is 39.9 Å². The molecule has 0 spiro atoms. The maximum atomic E-state index is 13.3. The van der Waals surface area contributed by atoms with Crippen molar-refractivity contribution in [3.05, 3.63) is 89.0 Å². The Bertz CT molecular complexity index is 1230. The Balaban J connectivity index is 1.95. The van der Waals surface area contributed by atoms with E-state index in [0.29, 0.717) is 28.5 Å². The molecule has 160 valence electrons. The number of rotatable bonds is 5. The SMILES string of the molecule is COc1cc2c(cc1OC)N(C(I)c1ccccc1)C(=O)CN=C2c1cccc(C#N)c1. The molecule has 0 radical (unpaired) electrons. The van der Waals surface area contributed by atoms with Crippen molar-refractivity contribution in [2.45, 2.75) is 4.05 Å². The maximum absolute atomic E-state index is 13.3. The summed E-state index contributed by atoms with van der Waals surface area (Å²) in [5.74, 6) is 0.926. The van der Waals surface area contributed by atoms with Crippen LogP contribution in [0.4, 0.5) is 5.69 Å². The van der Waals surface area contributed by atoms with Crippen molar-refractivity contribution in [2.75, 3.05) is 25.7 Å². The van der Waals surface area contributed by atoms with Crippen LogP contribution < -0.4 is 14.4 Å². The number of nitrogens with zero attached hydrogens (tertiary/aromatic N) is 3. The molecular weight excluding hydrogens is 517 g/mol. The van der Waals surface area contributed by atoms with E-state index in [1.54, 1.807) is 31.3 Å². The summed E-state index contributed by atoms with van der Waals surface area (Å²) in [6.45, 7) is -0.0161. The van der Waals surface area contributed by atoms with E-state index in [1.807, 2.05) is 54.6 Å². The van der Waals surface area contributed by atoms with Gasteiger partial charge in [-0.2, -0.15) is 5.26 Å². The predicted molar refractivity (Wildman–Crippen MR) is 132 cm³/mol. The van der Waals surface area contributed by atoms with Crippen LogP contribution in [-0.2, 0) is 4.79 Å². The zero-order chi connectivity index (χ0) is 22.7. The zero-order valence-corrected chi connectivity index (χ0v) is 19.7. The van der Waals surface area contributed by atoms with Gasteiger partial charge in [-0.3, -0.25) is 14.7 Å². The molecule has 0 bridgehead atoms. The summed E-state index contributed by atoms with van der Waals surface area (Å²) in [5.41, 5.74) is 4.32. The van der Waals surface area contributed by atoms with Gasteiger partial charge in [0.1, 0.15) is 10.6 Å². The van der Waals surface area contributed by atoms with Crippen molar-refractivity contribution < 1.29 is 14.3 Å². The van der Waals surface area contributed by atoms with E-state index < -0.39 is 0 Å². The summed E-state index contributed by atoms with van der Waals surface area (Å²) < 4.78 is 10.8. The molecule has 32 heavy (non-hydrogen) atoms. The second-order valence-electron chi connectivity index (χ2n) is 7.09. The lowest BCUT2D eigenvalue weighted by Gasteiger charge is -2.29. The van der Waals surface area contributed by atoms with Gasteiger partial charge >= 0.3 is 0 Å². The fourth-order valence-electron chi connectivity index (χ4n) is 3.69. The van der Waals surface area contributed by atoms with Crippen molar-refractivity contribution in [3.63, 3.8) is 0 Å². The largest absolute Gasteiger partial charge is 0.493 e. The number of methoxy groups -OCH3 is 2. The number of hydrogen-bond donors (Lipinski definition) is 0. The third kappa shape index (κ3) is 4.06. The first-order valence-electron chi connectivity index (χ1n) is 9.89. The minimum Gasteiger partial charge on any atom is -0.493 e. The van der Waals surface area contributed by atoms with E-state index >= 15 is 0 Å². The highest BCUT2D eigenvalue weighted by molar-refractivity contribution is 14.1. The molecule has 1 amide bonds. The van der Waals surface area contributed by atoms with Gasteiger partial charge in [0, 0.05) is 17.2 Å². The van der Waals surface area contributed by atoms with E-state index in [0.717, 1.165) is 16.7 Å². The van der Waals surface area contributed by atoms with E-state index in [1.165, 1.54) is 0 Å². The fraction of sp³-hybridized carbons (Fsp3) is 0.160. The van der Waals surface area contributed by atoms with Crippen LogP contribution in [-0.4, -0.2) is 32.4 Å². The van der Waals surface area contributed by atoms with Crippen LogP contribution in [0.3, 0.4) is 0 Å². The van der Waals surface area contributed by atoms with Crippen LogP contribution in [0.2, 0.25) is 0 Å². The Hall–Kier alpha value is -3.38. The Labute approximate surface area is 200 Å². The average molecular weight is 537 g/mol. The van der Waals surface area contributed by atoms with Gasteiger partial charge in [-0.1, -0.05) is 65.1 Å². The minimum absolute atomic E-state index is 0.0161. The number of amides is 1. The molecule has 0 saturated carbocycles. The standard InChI is InChI=1S/C25H20IN3O3/c1-31-21-12-19-20(13-22(21)32-2)29(25(26)17-8-4-3-5-9-17)23(30)15-28-24(19)18-10-6-7-16(11-18)14-27/h3-13,25H,15H2,1-2H3. The van der Waals surface area contributed by atoms with Crippen LogP contribution in [0.15, 0.2) is 71.7 Å². The first-order valence-corrected chi connectivity index (χ1v) is 11.1. The molecule has 0 aliphatic carbocycles. The predicted octanol–water partition coefficient (Wildman–Crippen LogP) is 4.89. The summed E-state index contributed by atoms with van der Waals surface area (Å²) in [7, 11) is 3.14. The lowest BCUT2D eigenvalue weighted by Crippen LogP contribution is -2.33. The quantitative estimate of drug-likeness (QED) is 0.264. The molecule has 0 fully saturated rings. The molecule has 1 unspecified atom stereocenters. The van der Waals surface area contributed by atoms with Gasteiger partial charge in [-0.15, -0.1) is 0 Å². The Morgan fingerprint density at radius 1 is 1.03 bits per heavy atom. The second kappa shape index (κ2) is 9.40. The van der Waals surface area contributed by atoms with Gasteiger partial charge in [0.05, 0.1) is 37.3 Å². The molecule has 1 aliphatic rings. The van der Waals surface area contributed by atoms with Crippen LogP contribution in [0.25, 0.3) is 0 Å². The highest BCUT2D eigenvalue weighted by Crippen LogP contribution is 2.42. The molecule has 3 aromatic rings. The van der Waals surface area contributed by atoms with Crippen molar-refractivity contribution in [1.29, 1.82) is 5.26 Å². The normalized spacial score (nSPS) is 14.0. The number of aliphatic imine (C=N–C) groups is 1. The highest BCUT2D eigenvalue weighted by atomic mass is 127. The van der Waals surface area contributed by atoms with Crippen LogP contribution in [0.1, 0.15) is 26.3 Å². The summed E-state index contributed by atoms with van der Waals surface area (Å²) >= 11 is 2.27. The molecule has 0 N–H and O–H groups in total. The van der Waals surface area contributed by atoms with Crippen LogP contribution in [0.5, 0.6) is 11.5 Å². The van der Waals surface area contributed by atoms with Crippen LogP contribution in [0, 0.1) is 11.3 Å². The number of alkyl halides is 1. The summed E-state index contributed by atoms with van der Waals surface area (Å²) in [6, 6.07) is 22.9. The monoisotopic (exact) mass is 537 g/mol. The van der Waals surface area contributed by atoms with Gasteiger partial charge < -0.3 is 9.47 Å².